The third-order valence-electron chi connectivity index (χ3n) is 5.37. The van der Waals surface area contributed by atoms with Gasteiger partial charge in [0.15, 0.2) is 0 Å². The molecule has 0 spiro atoms. The molecule has 0 unspecified atom stereocenters. The second-order valence-electron chi connectivity index (χ2n) is 7.43. The van der Waals surface area contributed by atoms with E-state index in [0.717, 1.165) is 47.3 Å². The zero-order valence-electron chi connectivity index (χ0n) is 17.4. The van der Waals surface area contributed by atoms with E-state index in [-0.39, 0.29) is 11.8 Å². The molecule has 2 aliphatic rings. The van der Waals surface area contributed by atoms with Gasteiger partial charge in [0.1, 0.15) is 5.75 Å². The van der Waals surface area contributed by atoms with Crippen LogP contribution in [0.15, 0.2) is 41.5 Å². The fourth-order valence-electron chi connectivity index (χ4n) is 3.51. The Balaban J connectivity index is 1.71. The zero-order valence-corrected chi connectivity index (χ0v) is 17.4. The third-order valence-corrected chi connectivity index (χ3v) is 5.37. The van der Waals surface area contributed by atoms with Crippen LogP contribution in [0.25, 0.3) is 6.08 Å². The van der Waals surface area contributed by atoms with Crippen LogP contribution in [-0.2, 0) is 9.59 Å². The molecule has 0 fully saturated rings. The monoisotopic (exact) mass is 389 g/mol. The summed E-state index contributed by atoms with van der Waals surface area (Å²) < 4.78 is 5.39. The number of aryl methyl sites for hydroxylation is 1. The normalized spacial score (nSPS) is 16.8. The molecule has 0 saturated heterocycles. The Morgan fingerprint density at radius 3 is 2.69 bits per heavy atom. The highest BCUT2D eigenvalue weighted by Gasteiger charge is 2.25. The lowest BCUT2D eigenvalue weighted by Crippen LogP contribution is -2.39. The molecular formula is C25H27NO3. The minimum Gasteiger partial charge on any atom is -0.496 e. The van der Waals surface area contributed by atoms with Gasteiger partial charge in [0.05, 0.1) is 12.7 Å². The van der Waals surface area contributed by atoms with E-state index in [0.29, 0.717) is 18.5 Å². The second kappa shape index (κ2) is 9.43. The average Bonchev–Trinajstić information content (AvgIpc) is 2.74. The third kappa shape index (κ3) is 5.06. The molecule has 1 aliphatic heterocycles. The van der Waals surface area contributed by atoms with E-state index in [1.165, 1.54) is 17.4 Å². The Labute approximate surface area is 172 Å². The molecule has 0 saturated carbocycles. The highest BCUT2D eigenvalue weighted by molar-refractivity contribution is 6.11. The maximum absolute atomic E-state index is 12.7. The maximum Gasteiger partial charge on any atom is 0.268 e. The Bertz CT molecular complexity index is 970. The van der Waals surface area contributed by atoms with Crippen molar-refractivity contribution in [2.75, 3.05) is 13.7 Å². The summed E-state index contributed by atoms with van der Waals surface area (Å²) in [4.78, 5) is 26.6. The molecule has 0 radical (unpaired) electrons. The van der Waals surface area contributed by atoms with E-state index in [9.17, 15) is 9.59 Å². The molecule has 3 rings (SSSR count). The van der Waals surface area contributed by atoms with Gasteiger partial charge in [-0.3, -0.25) is 14.5 Å². The molecule has 0 bridgehead atoms. The molecule has 0 N–H and O–H groups in total. The van der Waals surface area contributed by atoms with E-state index < -0.39 is 0 Å². The number of allylic oxidation sites excluding steroid dienone is 2. The van der Waals surface area contributed by atoms with Crippen molar-refractivity contribution in [1.29, 1.82) is 0 Å². The lowest BCUT2D eigenvalue weighted by molar-refractivity contribution is -0.139. The Hall–Kier alpha value is -3.06. The first-order valence-electron chi connectivity index (χ1n) is 10.1. The fourth-order valence-corrected chi connectivity index (χ4v) is 3.51. The van der Waals surface area contributed by atoms with Gasteiger partial charge in [-0.25, -0.2) is 0 Å². The number of imide groups is 1. The minimum absolute atomic E-state index is 0.313. The maximum atomic E-state index is 12.7. The van der Waals surface area contributed by atoms with Crippen molar-refractivity contribution in [3.05, 3.63) is 58.2 Å². The summed E-state index contributed by atoms with van der Waals surface area (Å²) in [6.45, 7) is 4.38. The number of methoxy groups -OCH3 is 1. The number of nitrogens with zero attached hydrogens (tertiary/aromatic N) is 1. The number of amides is 2. The zero-order chi connectivity index (χ0) is 20.8. The van der Waals surface area contributed by atoms with Crippen molar-refractivity contribution in [2.24, 2.45) is 0 Å². The SMILES string of the molecule is COc1cc(/C=C/C(=O)N2CCC=C(C#CC3=CCCCC3)C2=O)cc(C)c1C. The molecule has 1 heterocycles. The molecule has 0 aromatic heterocycles. The molecule has 150 valence electrons. The van der Waals surface area contributed by atoms with E-state index in [1.54, 1.807) is 13.2 Å². The molecule has 4 nitrogen and oxygen atoms in total. The molecule has 2 amide bonds. The highest BCUT2D eigenvalue weighted by Crippen LogP contribution is 2.24. The van der Waals surface area contributed by atoms with E-state index in [2.05, 4.69) is 17.9 Å². The summed E-state index contributed by atoms with van der Waals surface area (Å²) in [7, 11) is 1.63. The van der Waals surface area contributed by atoms with Gasteiger partial charge in [-0.1, -0.05) is 30.1 Å². The van der Waals surface area contributed by atoms with Crippen LogP contribution < -0.4 is 4.74 Å². The number of carbonyl (C=O) groups is 2. The van der Waals surface area contributed by atoms with Crippen LogP contribution in [0.1, 0.15) is 48.8 Å². The Morgan fingerprint density at radius 2 is 1.97 bits per heavy atom. The summed E-state index contributed by atoms with van der Waals surface area (Å²) in [5.41, 5.74) is 4.53. The number of hydrogen-bond donors (Lipinski definition) is 0. The molecule has 1 aromatic carbocycles. The summed E-state index contributed by atoms with van der Waals surface area (Å²) in [6, 6.07) is 3.88. The molecule has 1 aromatic rings. The van der Waals surface area contributed by atoms with E-state index >= 15 is 0 Å². The first kappa shape index (κ1) is 20.7. The van der Waals surface area contributed by atoms with Crippen LogP contribution in [0.5, 0.6) is 5.75 Å². The molecule has 1 aliphatic carbocycles. The standard InChI is InChI=1S/C25H27NO3/c1-18-16-21(17-23(29-3)19(18)2)12-14-24(27)26-15-7-10-22(25(26)28)13-11-20-8-5-4-6-9-20/h8,10,12,14,16-17H,4-7,9,15H2,1-3H3/b14-12+. The van der Waals surface area contributed by atoms with Gasteiger partial charge in [-0.2, -0.15) is 0 Å². The molecular weight excluding hydrogens is 362 g/mol. The van der Waals surface area contributed by atoms with Crippen molar-refractivity contribution >= 4 is 17.9 Å². The topological polar surface area (TPSA) is 46.6 Å². The van der Waals surface area contributed by atoms with Crippen LogP contribution >= 0.6 is 0 Å². The van der Waals surface area contributed by atoms with Crippen molar-refractivity contribution in [3.8, 4) is 17.6 Å². The van der Waals surface area contributed by atoms with Gasteiger partial charge < -0.3 is 4.74 Å². The van der Waals surface area contributed by atoms with Gasteiger partial charge in [-0.15, -0.1) is 0 Å². The van der Waals surface area contributed by atoms with Crippen LogP contribution in [0.3, 0.4) is 0 Å². The summed E-state index contributed by atoms with van der Waals surface area (Å²) in [5, 5.41) is 0. The van der Waals surface area contributed by atoms with E-state index in [4.69, 9.17) is 4.74 Å². The van der Waals surface area contributed by atoms with Crippen LogP contribution in [0.2, 0.25) is 0 Å². The lowest BCUT2D eigenvalue weighted by atomic mass is 9.99. The van der Waals surface area contributed by atoms with Gasteiger partial charge in [0, 0.05) is 12.6 Å². The van der Waals surface area contributed by atoms with Crippen molar-refractivity contribution in [2.45, 2.75) is 46.0 Å². The first-order chi connectivity index (χ1) is 14.0. The average molecular weight is 389 g/mol. The van der Waals surface area contributed by atoms with Gasteiger partial charge in [0.25, 0.3) is 11.8 Å². The molecule has 0 atom stereocenters. The minimum atomic E-state index is -0.323. The van der Waals surface area contributed by atoms with Gasteiger partial charge in [-0.05, 0) is 80.4 Å². The summed E-state index contributed by atoms with van der Waals surface area (Å²) in [5.74, 6) is 6.25. The first-order valence-corrected chi connectivity index (χ1v) is 10.1. The summed E-state index contributed by atoms with van der Waals surface area (Å²) >= 11 is 0. The number of hydrogen-bond acceptors (Lipinski definition) is 3. The smallest absolute Gasteiger partial charge is 0.268 e. The lowest BCUT2D eigenvalue weighted by Gasteiger charge is -2.22. The highest BCUT2D eigenvalue weighted by atomic mass is 16.5. The van der Waals surface area contributed by atoms with Crippen LogP contribution in [-0.4, -0.2) is 30.4 Å². The number of benzene rings is 1. The Kier molecular flexibility index (Phi) is 6.72. The number of carbonyl (C=O) groups excluding carboxylic acids is 2. The van der Waals surface area contributed by atoms with Gasteiger partial charge in [0.2, 0.25) is 0 Å². The van der Waals surface area contributed by atoms with Crippen molar-refractivity contribution in [1.82, 2.24) is 4.90 Å². The van der Waals surface area contributed by atoms with Crippen LogP contribution in [0, 0.1) is 25.7 Å². The Morgan fingerprint density at radius 1 is 1.14 bits per heavy atom. The number of rotatable bonds is 3. The largest absolute Gasteiger partial charge is 0.496 e. The van der Waals surface area contributed by atoms with Crippen molar-refractivity contribution < 1.29 is 14.3 Å². The van der Waals surface area contributed by atoms with Crippen LogP contribution in [0.4, 0.5) is 0 Å². The van der Waals surface area contributed by atoms with Gasteiger partial charge >= 0.3 is 0 Å². The predicted octanol–water partition coefficient (Wildman–Crippen LogP) is 4.51. The van der Waals surface area contributed by atoms with E-state index in [1.807, 2.05) is 32.1 Å². The fraction of sp³-hybridized carbons (Fsp3) is 0.360. The summed E-state index contributed by atoms with van der Waals surface area (Å²) in [6.07, 6.45) is 12.2. The predicted molar refractivity (Wildman–Crippen MR) is 115 cm³/mol. The number of ether oxygens (including phenoxy) is 1. The quantitative estimate of drug-likeness (QED) is 0.564. The molecule has 29 heavy (non-hydrogen) atoms. The van der Waals surface area contributed by atoms with Crippen molar-refractivity contribution in [3.63, 3.8) is 0 Å². The molecule has 4 heteroatoms. The second-order valence-corrected chi connectivity index (χ2v) is 7.43.